The fourth-order valence-corrected chi connectivity index (χ4v) is 3.00. The number of benzene rings is 1. The van der Waals surface area contributed by atoms with Gasteiger partial charge >= 0.3 is 0 Å². The number of nitrogens with one attached hydrogen (secondary N) is 1. The number of hydrogen-bond acceptors (Lipinski definition) is 8. The van der Waals surface area contributed by atoms with Crippen molar-refractivity contribution in [1.29, 1.82) is 0 Å². The van der Waals surface area contributed by atoms with Crippen molar-refractivity contribution in [3.05, 3.63) is 39.8 Å². The fraction of sp³-hybridized carbons (Fsp3) is 0.333. The van der Waals surface area contributed by atoms with Crippen LogP contribution in [0.2, 0.25) is 0 Å². The zero-order chi connectivity index (χ0) is 20.9. The molecule has 2 aromatic rings. The van der Waals surface area contributed by atoms with Gasteiger partial charge < -0.3 is 26.6 Å². The van der Waals surface area contributed by atoms with E-state index in [-0.39, 0.29) is 5.71 Å². The minimum atomic E-state index is -1.63. The summed E-state index contributed by atoms with van der Waals surface area (Å²) in [6, 6.07) is 4.87. The second kappa shape index (κ2) is 8.81. The Morgan fingerprint density at radius 1 is 1.43 bits per heavy atom. The SMILES string of the molecule is CN=C(C(=O)NC(C)(CO)C(N)=O)c1cc(OCc2cnc(C)s2)ccc1N. The standard InChI is InChI=1S/C18H23N5O4S/c1-10-22-7-12(28-10)8-27-11-4-5-14(19)13(6-11)15(21-3)16(25)23-18(2,9-24)17(20)26/h4-7,24H,8-9,19H2,1-3H3,(H2,20,26)(H,23,25). The summed E-state index contributed by atoms with van der Waals surface area (Å²) in [5.41, 5.74) is 10.3. The lowest BCUT2D eigenvalue weighted by atomic mass is 10.0. The number of thiazole rings is 1. The summed E-state index contributed by atoms with van der Waals surface area (Å²) in [7, 11) is 1.42. The molecule has 2 rings (SSSR count). The Hall–Kier alpha value is -2.98. The average Bonchev–Trinajstić information content (AvgIpc) is 3.07. The van der Waals surface area contributed by atoms with Crippen molar-refractivity contribution in [2.24, 2.45) is 10.7 Å². The molecule has 0 bridgehead atoms. The molecule has 0 aliphatic heterocycles. The maximum atomic E-state index is 12.6. The van der Waals surface area contributed by atoms with Crippen LogP contribution in [0.3, 0.4) is 0 Å². The number of aliphatic imine (C=N–C) groups is 1. The predicted molar refractivity (Wildman–Crippen MR) is 107 cm³/mol. The van der Waals surface area contributed by atoms with E-state index in [4.69, 9.17) is 16.2 Å². The summed E-state index contributed by atoms with van der Waals surface area (Å²) in [6.45, 7) is 2.90. The van der Waals surface area contributed by atoms with Gasteiger partial charge in [0.2, 0.25) is 5.91 Å². The van der Waals surface area contributed by atoms with Gasteiger partial charge in [0.1, 0.15) is 23.6 Å². The monoisotopic (exact) mass is 405 g/mol. The first-order valence-corrected chi connectivity index (χ1v) is 9.16. The molecule has 1 atom stereocenters. The van der Waals surface area contributed by atoms with E-state index in [2.05, 4.69) is 15.3 Å². The van der Waals surface area contributed by atoms with Gasteiger partial charge in [-0.1, -0.05) is 0 Å². The third-order valence-electron chi connectivity index (χ3n) is 4.02. The molecule has 0 aliphatic rings. The molecular weight excluding hydrogens is 382 g/mol. The minimum absolute atomic E-state index is 0.0162. The molecule has 0 aliphatic carbocycles. The summed E-state index contributed by atoms with van der Waals surface area (Å²) in [5, 5.41) is 12.7. The number of aliphatic hydroxyl groups excluding tert-OH is 1. The van der Waals surface area contributed by atoms with Crippen molar-refractivity contribution in [3.8, 4) is 5.75 Å². The summed E-state index contributed by atoms with van der Waals surface area (Å²) in [5.74, 6) is -1.08. The van der Waals surface area contributed by atoms with Crippen LogP contribution in [0, 0.1) is 6.92 Å². The number of nitrogens with zero attached hydrogens (tertiary/aromatic N) is 2. The third-order valence-corrected chi connectivity index (χ3v) is 4.90. The maximum Gasteiger partial charge on any atom is 0.271 e. The van der Waals surface area contributed by atoms with Crippen LogP contribution in [0.1, 0.15) is 22.4 Å². The smallest absolute Gasteiger partial charge is 0.271 e. The van der Waals surface area contributed by atoms with Crippen molar-refractivity contribution in [2.45, 2.75) is 26.0 Å². The Labute approximate surface area is 166 Å². The first-order valence-electron chi connectivity index (χ1n) is 8.34. The number of anilines is 1. The molecule has 1 unspecified atom stereocenters. The van der Waals surface area contributed by atoms with Crippen LogP contribution in [0.15, 0.2) is 29.4 Å². The third kappa shape index (κ3) is 4.84. The van der Waals surface area contributed by atoms with E-state index in [1.54, 1.807) is 24.4 Å². The largest absolute Gasteiger partial charge is 0.488 e. The minimum Gasteiger partial charge on any atom is -0.488 e. The summed E-state index contributed by atoms with van der Waals surface area (Å²) in [4.78, 5) is 33.3. The maximum absolute atomic E-state index is 12.6. The Kier molecular flexibility index (Phi) is 6.71. The zero-order valence-electron chi connectivity index (χ0n) is 15.9. The molecular formula is C18H23N5O4S. The molecule has 1 aromatic heterocycles. The molecule has 0 radical (unpaired) electrons. The molecule has 9 nitrogen and oxygen atoms in total. The fourth-order valence-electron chi connectivity index (χ4n) is 2.29. The summed E-state index contributed by atoms with van der Waals surface area (Å²) < 4.78 is 5.75. The Bertz CT molecular complexity index is 911. The summed E-state index contributed by atoms with van der Waals surface area (Å²) in [6.07, 6.45) is 1.74. The van der Waals surface area contributed by atoms with Gasteiger partial charge in [-0.3, -0.25) is 14.6 Å². The molecule has 6 N–H and O–H groups in total. The van der Waals surface area contributed by atoms with Crippen molar-refractivity contribution < 1.29 is 19.4 Å². The van der Waals surface area contributed by atoms with Crippen molar-refractivity contribution in [1.82, 2.24) is 10.3 Å². The van der Waals surface area contributed by atoms with Crippen LogP contribution in [-0.2, 0) is 16.2 Å². The van der Waals surface area contributed by atoms with Crippen molar-refractivity contribution in [3.63, 3.8) is 0 Å². The van der Waals surface area contributed by atoms with Crippen LogP contribution in [0.25, 0.3) is 0 Å². The molecule has 0 saturated carbocycles. The van der Waals surface area contributed by atoms with Crippen molar-refractivity contribution in [2.75, 3.05) is 19.4 Å². The van der Waals surface area contributed by atoms with Gasteiger partial charge in [-0.15, -0.1) is 11.3 Å². The quantitative estimate of drug-likeness (QED) is 0.368. The van der Waals surface area contributed by atoms with Crippen LogP contribution >= 0.6 is 11.3 Å². The molecule has 0 fully saturated rings. The van der Waals surface area contributed by atoms with E-state index in [9.17, 15) is 14.7 Å². The highest BCUT2D eigenvalue weighted by molar-refractivity contribution is 7.11. The number of amides is 2. The van der Waals surface area contributed by atoms with Gasteiger partial charge in [-0.2, -0.15) is 0 Å². The molecule has 1 heterocycles. The second-order valence-corrected chi connectivity index (χ2v) is 7.58. The first-order chi connectivity index (χ1) is 13.2. The lowest BCUT2D eigenvalue weighted by Gasteiger charge is -2.25. The number of ether oxygens (including phenoxy) is 1. The lowest BCUT2D eigenvalue weighted by Crippen LogP contribution is -2.59. The topological polar surface area (TPSA) is 153 Å². The van der Waals surface area contributed by atoms with Gasteiger partial charge in [-0.25, -0.2) is 4.98 Å². The van der Waals surface area contributed by atoms with Crippen LogP contribution in [-0.4, -0.2) is 46.8 Å². The number of carbonyl (C=O) groups is 2. The molecule has 2 amide bonds. The number of nitrogen functional groups attached to an aromatic ring is 1. The number of rotatable bonds is 8. The number of hydrogen-bond donors (Lipinski definition) is 4. The van der Waals surface area contributed by atoms with Crippen LogP contribution < -0.4 is 21.5 Å². The van der Waals surface area contributed by atoms with Crippen LogP contribution in [0.5, 0.6) is 5.75 Å². The lowest BCUT2D eigenvalue weighted by molar-refractivity contribution is -0.129. The molecule has 150 valence electrons. The van der Waals surface area contributed by atoms with Gasteiger partial charge in [-0.05, 0) is 32.0 Å². The number of aryl methyl sites for hydroxylation is 1. The second-order valence-electron chi connectivity index (χ2n) is 6.26. The van der Waals surface area contributed by atoms with Gasteiger partial charge in [0.15, 0.2) is 0 Å². The number of primary amides is 1. The molecule has 0 saturated heterocycles. The average molecular weight is 405 g/mol. The normalized spacial score (nSPS) is 13.6. The highest BCUT2D eigenvalue weighted by atomic mass is 32.1. The van der Waals surface area contributed by atoms with E-state index >= 15 is 0 Å². The van der Waals surface area contributed by atoms with Crippen LogP contribution in [0.4, 0.5) is 5.69 Å². The molecule has 28 heavy (non-hydrogen) atoms. The number of carbonyl (C=O) groups excluding carboxylic acids is 2. The number of aromatic nitrogens is 1. The summed E-state index contributed by atoms with van der Waals surface area (Å²) >= 11 is 1.53. The van der Waals surface area contributed by atoms with E-state index in [0.29, 0.717) is 23.6 Å². The highest BCUT2D eigenvalue weighted by Crippen LogP contribution is 2.23. The predicted octanol–water partition coefficient (Wildman–Crippen LogP) is 0.384. The molecule has 0 spiro atoms. The molecule has 10 heteroatoms. The van der Waals surface area contributed by atoms with Crippen molar-refractivity contribution >= 4 is 34.6 Å². The van der Waals surface area contributed by atoms with Gasteiger partial charge in [0.25, 0.3) is 5.91 Å². The Morgan fingerprint density at radius 3 is 2.68 bits per heavy atom. The zero-order valence-corrected chi connectivity index (χ0v) is 16.7. The number of nitrogens with two attached hydrogens (primary N) is 2. The van der Waals surface area contributed by atoms with E-state index in [1.807, 2.05) is 6.92 Å². The molecule has 1 aromatic carbocycles. The number of aliphatic hydroxyl groups is 1. The Morgan fingerprint density at radius 2 is 2.14 bits per heavy atom. The van der Waals surface area contributed by atoms with Gasteiger partial charge in [0.05, 0.1) is 16.5 Å². The van der Waals surface area contributed by atoms with Gasteiger partial charge in [0, 0.05) is 24.5 Å². The van der Waals surface area contributed by atoms with E-state index < -0.39 is 24.0 Å². The highest BCUT2D eigenvalue weighted by Gasteiger charge is 2.34. The Balaban J connectivity index is 2.23. The van der Waals surface area contributed by atoms with E-state index in [0.717, 1.165) is 9.88 Å². The first kappa shape index (κ1) is 21.3. The van der Waals surface area contributed by atoms with E-state index in [1.165, 1.54) is 25.3 Å².